The summed E-state index contributed by atoms with van der Waals surface area (Å²) in [6.07, 6.45) is 4.08. The summed E-state index contributed by atoms with van der Waals surface area (Å²) in [5.74, 6) is -0.925. The molecule has 0 atom stereocenters. The SMILES string of the molecule is CC/C(C)=[N+]1\C(C(=O)O)=Cc2ncccc21. The Labute approximate surface area is 93.6 Å². The highest BCUT2D eigenvalue weighted by Gasteiger charge is 2.34. The average Bonchev–Trinajstić information content (AvgIpc) is 2.67. The Bertz CT molecular complexity index is 516. The Morgan fingerprint density at radius 2 is 2.31 bits per heavy atom. The lowest BCUT2D eigenvalue weighted by atomic mass is 10.3. The molecule has 0 unspecified atom stereocenters. The Morgan fingerprint density at radius 3 is 2.94 bits per heavy atom. The van der Waals surface area contributed by atoms with Gasteiger partial charge in [-0.25, -0.2) is 9.78 Å². The minimum Gasteiger partial charge on any atom is -0.473 e. The normalized spacial score (nSPS) is 16.8. The van der Waals surface area contributed by atoms with Crippen molar-refractivity contribution in [3.63, 3.8) is 0 Å². The second-order valence-electron chi connectivity index (χ2n) is 3.67. The van der Waals surface area contributed by atoms with Crippen LogP contribution in [0.15, 0.2) is 24.0 Å². The molecular weight excluding hydrogens is 204 g/mol. The second-order valence-corrected chi connectivity index (χ2v) is 3.67. The van der Waals surface area contributed by atoms with Gasteiger partial charge in [-0.05, 0) is 6.07 Å². The number of carboxylic acids is 1. The van der Waals surface area contributed by atoms with Crippen molar-refractivity contribution in [2.45, 2.75) is 20.3 Å². The molecule has 0 saturated heterocycles. The van der Waals surface area contributed by atoms with Crippen molar-refractivity contribution in [1.29, 1.82) is 0 Å². The van der Waals surface area contributed by atoms with Gasteiger partial charge in [0.15, 0.2) is 5.71 Å². The summed E-state index contributed by atoms with van der Waals surface area (Å²) in [7, 11) is 0. The molecule has 0 radical (unpaired) electrons. The largest absolute Gasteiger partial charge is 0.473 e. The number of carboxylic acid groups (broad SMARTS) is 1. The number of hydrogen-bond donors (Lipinski definition) is 1. The number of fused-ring (bicyclic) bond motifs is 1. The maximum atomic E-state index is 11.1. The van der Waals surface area contributed by atoms with Crippen molar-refractivity contribution in [2.75, 3.05) is 0 Å². The van der Waals surface area contributed by atoms with E-state index in [0.29, 0.717) is 5.69 Å². The Balaban J connectivity index is 2.66. The van der Waals surface area contributed by atoms with Crippen LogP contribution in [0.5, 0.6) is 0 Å². The first-order chi connectivity index (χ1) is 7.65. The van der Waals surface area contributed by atoms with E-state index in [1.54, 1.807) is 16.8 Å². The van der Waals surface area contributed by atoms with Crippen molar-refractivity contribution >= 4 is 23.4 Å². The molecule has 0 saturated carbocycles. The summed E-state index contributed by atoms with van der Waals surface area (Å²) in [5.41, 5.74) is 2.83. The first-order valence-corrected chi connectivity index (χ1v) is 5.17. The zero-order valence-electron chi connectivity index (χ0n) is 9.27. The standard InChI is InChI=1S/C12H12N2O2/c1-3-8(2)14-10-5-4-6-13-9(10)7-11(14)12(15)16/h4-7H,3H2,1-2H3/p+1/b14-8-. The molecule has 4 nitrogen and oxygen atoms in total. The van der Waals surface area contributed by atoms with Crippen LogP contribution in [0.4, 0.5) is 5.69 Å². The van der Waals surface area contributed by atoms with Gasteiger partial charge in [-0.2, -0.15) is 4.58 Å². The number of pyridine rings is 1. The Hall–Kier alpha value is -1.97. The van der Waals surface area contributed by atoms with Crippen LogP contribution in [0.3, 0.4) is 0 Å². The van der Waals surface area contributed by atoms with Gasteiger partial charge in [0.25, 0.3) is 5.70 Å². The molecule has 1 aromatic heterocycles. The molecule has 1 aromatic rings. The maximum absolute atomic E-state index is 11.1. The highest BCUT2D eigenvalue weighted by molar-refractivity contribution is 5.95. The van der Waals surface area contributed by atoms with Crippen molar-refractivity contribution in [3.8, 4) is 0 Å². The van der Waals surface area contributed by atoms with Crippen molar-refractivity contribution in [1.82, 2.24) is 4.98 Å². The summed E-state index contributed by atoms with van der Waals surface area (Å²) in [5, 5.41) is 9.15. The number of hydrogen-bond acceptors (Lipinski definition) is 2. The van der Waals surface area contributed by atoms with Crippen LogP contribution >= 0.6 is 0 Å². The molecular formula is C12H13N2O2+. The van der Waals surface area contributed by atoms with Crippen LogP contribution in [0.1, 0.15) is 26.0 Å². The van der Waals surface area contributed by atoms with Crippen LogP contribution in [0.25, 0.3) is 6.08 Å². The molecule has 0 spiro atoms. The molecule has 1 aliphatic heterocycles. The van der Waals surface area contributed by atoms with Crippen LogP contribution in [0, 0.1) is 0 Å². The van der Waals surface area contributed by atoms with E-state index >= 15 is 0 Å². The molecule has 2 heterocycles. The number of aliphatic carboxylic acids is 1. The van der Waals surface area contributed by atoms with Gasteiger partial charge >= 0.3 is 5.97 Å². The summed E-state index contributed by atoms with van der Waals surface area (Å²) in [6.45, 7) is 3.93. The van der Waals surface area contributed by atoms with Gasteiger partial charge in [-0.1, -0.05) is 6.92 Å². The maximum Gasteiger partial charge on any atom is 0.401 e. The summed E-state index contributed by atoms with van der Waals surface area (Å²) in [4.78, 5) is 15.3. The van der Waals surface area contributed by atoms with Gasteiger partial charge in [0.1, 0.15) is 5.69 Å². The second kappa shape index (κ2) is 3.89. The average molecular weight is 217 g/mol. The van der Waals surface area contributed by atoms with E-state index in [-0.39, 0.29) is 5.70 Å². The van der Waals surface area contributed by atoms with E-state index in [1.807, 2.05) is 26.0 Å². The summed E-state index contributed by atoms with van der Waals surface area (Å²) < 4.78 is 1.75. The first-order valence-electron chi connectivity index (χ1n) is 5.17. The highest BCUT2D eigenvalue weighted by atomic mass is 16.4. The molecule has 2 rings (SSSR count). The third-order valence-corrected chi connectivity index (χ3v) is 2.68. The topological polar surface area (TPSA) is 53.2 Å². The van der Waals surface area contributed by atoms with Crippen LogP contribution in [-0.2, 0) is 4.79 Å². The molecule has 82 valence electrons. The van der Waals surface area contributed by atoms with E-state index < -0.39 is 5.97 Å². The molecule has 0 aliphatic carbocycles. The van der Waals surface area contributed by atoms with E-state index in [0.717, 1.165) is 17.8 Å². The lowest BCUT2D eigenvalue weighted by Crippen LogP contribution is -2.16. The number of carbonyl (C=O) groups is 1. The molecule has 0 aromatic carbocycles. The zero-order valence-corrected chi connectivity index (χ0v) is 9.27. The van der Waals surface area contributed by atoms with Crippen molar-refractivity contribution in [2.24, 2.45) is 0 Å². The predicted molar refractivity (Wildman–Crippen MR) is 60.7 cm³/mol. The van der Waals surface area contributed by atoms with Crippen molar-refractivity contribution < 1.29 is 14.5 Å². The molecule has 16 heavy (non-hydrogen) atoms. The molecule has 0 fully saturated rings. The van der Waals surface area contributed by atoms with Crippen LogP contribution in [0.2, 0.25) is 0 Å². The van der Waals surface area contributed by atoms with E-state index in [4.69, 9.17) is 5.11 Å². The minimum atomic E-state index is -0.925. The van der Waals surface area contributed by atoms with Gasteiger partial charge in [0, 0.05) is 25.6 Å². The van der Waals surface area contributed by atoms with Crippen LogP contribution < -0.4 is 0 Å². The van der Waals surface area contributed by atoms with Gasteiger partial charge in [-0.15, -0.1) is 0 Å². The minimum absolute atomic E-state index is 0.271. The molecule has 0 amide bonds. The molecule has 1 N–H and O–H groups in total. The van der Waals surface area contributed by atoms with E-state index in [1.165, 1.54) is 0 Å². The van der Waals surface area contributed by atoms with Gasteiger partial charge in [-0.3, -0.25) is 0 Å². The fourth-order valence-electron chi connectivity index (χ4n) is 1.76. The predicted octanol–water partition coefficient (Wildman–Crippen LogP) is 2.04. The van der Waals surface area contributed by atoms with Gasteiger partial charge < -0.3 is 5.11 Å². The first kappa shape index (κ1) is 10.5. The number of rotatable bonds is 2. The Kier molecular flexibility index (Phi) is 2.56. The number of aromatic nitrogens is 1. The smallest absolute Gasteiger partial charge is 0.401 e. The fraction of sp³-hybridized carbons (Fsp3) is 0.250. The zero-order chi connectivity index (χ0) is 11.7. The van der Waals surface area contributed by atoms with Gasteiger partial charge in [0.05, 0.1) is 6.08 Å². The quantitative estimate of drug-likeness (QED) is 0.771. The monoisotopic (exact) mass is 217 g/mol. The van der Waals surface area contributed by atoms with E-state index in [2.05, 4.69) is 4.98 Å². The van der Waals surface area contributed by atoms with Crippen LogP contribution in [-0.4, -0.2) is 26.3 Å². The van der Waals surface area contributed by atoms with Gasteiger partial charge in [0.2, 0.25) is 5.69 Å². The van der Waals surface area contributed by atoms with Crippen molar-refractivity contribution in [3.05, 3.63) is 29.7 Å². The summed E-state index contributed by atoms with van der Waals surface area (Å²) >= 11 is 0. The molecule has 4 heteroatoms. The number of nitrogens with zero attached hydrogens (tertiary/aromatic N) is 2. The highest BCUT2D eigenvalue weighted by Crippen LogP contribution is 2.30. The summed E-state index contributed by atoms with van der Waals surface area (Å²) in [6, 6.07) is 3.70. The molecule has 0 bridgehead atoms. The lowest BCUT2D eigenvalue weighted by molar-refractivity contribution is -0.377. The van der Waals surface area contributed by atoms with E-state index in [9.17, 15) is 4.79 Å². The molecule has 1 aliphatic rings. The third kappa shape index (κ3) is 1.52. The Morgan fingerprint density at radius 1 is 1.56 bits per heavy atom. The lowest BCUT2D eigenvalue weighted by Gasteiger charge is -2.00. The third-order valence-electron chi connectivity index (χ3n) is 2.68. The fourth-order valence-corrected chi connectivity index (χ4v) is 1.76.